The summed E-state index contributed by atoms with van der Waals surface area (Å²) in [6, 6.07) is 7.90. The lowest BCUT2D eigenvalue weighted by Gasteiger charge is -2.15. The van der Waals surface area contributed by atoms with Gasteiger partial charge in [-0.1, -0.05) is 38.4 Å². The number of hydrogen-bond acceptors (Lipinski definition) is 2. The average Bonchev–Trinajstić information content (AvgIpc) is 2.77. The van der Waals surface area contributed by atoms with E-state index < -0.39 is 5.82 Å². The number of halogens is 2. The molecule has 0 bridgehead atoms. The van der Waals surface area contributed by atoms with E-state index in [0.29, 0.717) is 4.88 Å². The van der Waals surface area contributed by atoms with Crippen molar-refractivity contribution < 1.29 is 9.18 Å². The molecule has 0 amide bonds. The highest BCUT2D eigenvalue weighted by molar-refractivity contribution is 7.14. The molecular formula is C15H14ClFOS. The van der Waals surface area contributed by atoms with Crippen LogP contribution in [0.1, 0.15) is 40.9 Å². The lowest BCUT2D eigenvalue weighted by atomic mass is 9.95. The monoisotopic (exact) mass is 296 g/mol. The third-order valence-corrected chi connectivity index (χ3v) is 4.58. The Labute approximate surface area is 121 Å². The van der Waals surface area contributed by atoms with Gasteiger partial charge in [0, 0.05) is 4.88 Å². The van der Waals surface area contributed by atoms with E-state index >= 15 is 0 Å². The number of carbonyl (C=O) groups is 1. The highest BCUT2D eigenvalue weighted by Crippen LogP contribution is 2.32. The minimum atomic E-state index is -0.580. The van der Waals surface area contributed by atoms with Gasteiger partial charge >= 0.3 is 0 Å². The van der Waals surface area contributed by atoms with Crippen molar-refractivity contribution in [2.75, 3.05) is 0 Å². The number of benzene rings is 1. The minimum Gasteiger partial charge on any atom is -0.288 e. The smallest absolute Gasteiger partial charge is 0.207 e. The Morgan fingerprint density at radius 2 is 1.89 bits per heavy atom. The lowest BCUT2D eigenvalue weighted by molar-refractivity contribution is 0.103. The van der Waals surface area contributed by atoms with Crippen LogP contribution < -0.4 is 0 Å². The SMILES string of the molecule is CC(C)(C)c1ccc(C(=O)c2c(F)cccc2Cl)s1. The maximum atomic E-state index is 13.7. The molecular weight excluding hydrogens is 283 g/mol. The van der Waals surface area contributed by atoms with Gasteiger partial charge in [0.15, 0.2) is 0 Å². The lowest BCUT2D eigenvalue weighted by Crippen LogP contribution is -2.08. The van der Waals surface area contributed by atoms with E-state index in [1.807, 2.05) is 6.07 Å². The standard InChI is InChI=1S/C15H14ClFOS/c1-15(2,3)12-8-7-11(19-12)14(18)13-9(16)5-4-6-10(13)17/h4-8H,1-3H3. The molecule has 0 aliphatic heterocycles. The van der Waals surface area contributed by atoms with Crippen molar-refractivity contribution in [2.45, 2.75) is 26.2 Å². The van der Waals surface area contributed by atoms with Gasteiger partial charge in [0.1, 0.15) is 5.82 Å². The molecule has 1 aromatic carbocycles. The van der Waals surface area contributed by atoms with Gasteiger partial charge in [-0.2, -0.15) is 0 Å². The fourth-order valence-corrected chi connectivity index (χ4v) is 2.96. The largest absolute Gasteiger partial charge is 0.288 e. The van der Waals surface area contributed by atoms with Crippen molar-refractivity contribution >= 4 is 28.7 Å². The van der Waals surface area contributed by atoms with Crippen molar-refractivity contribution in [3.8, 4) is 0 Å². The third-order valence-electron chi connectivity index (χ3n) is 2.76. The number of hydrogen-bond donors (Lipinski definition) is 0. The molecule has 0 spiro atoms. The van der Waals surface area contributed by atoms with Crippen LogP contribution >= 0.6 is 22.9 Å². The molecule has 2 rings (SSSR count). The molecule has 1 nitrogen and oxygen atoms in total. The summed E-state index contributed by atoms with van der Waals surface area (Å²) in [4.78, 5) is 13.9. The molecule has 0 aliphatic rings. The molecule has 0 saturated heterocycles. The second kappa shape index (κ2) is 5.06. The summed E-state index contributed by atoms with van der Waals surface area (Å²) in [6.07, 6.45) is 0. The van der Waals surface area contributed by atoms with Crippen LogP contribution in [-0.4, -0.2) is 5.78 Å². The van der Waals surface area contributed by atoms with Crippen LogP contribution in [0, 0.1) is 5.82 Å². The van der Waals surface area contributed by atoms with Gasteiger partial charge < -0.3 is 0 Å². The summed E-state index contributed by atoms with van der Waals surface area (Å²) in [7, 11) is 0. The van der Waals surface area contributed by atoms with Crippen LogP contribution in [0.15, 0.2) is 30.3 Å². The van der Waals surface area contributed by atoms with E-state index in [1.54, 1.807) is 6.07 Å². The highest BCUT2D eigenvalue weighted by Gasteiger charge is 2.22. The normalized spacial score (nSPS) is 11.6. The predicted molar refractivity (Wildman–Crippen MR) is 77.9 cm³/mol. The van der Waals surface area contributed by atoms with E-state index in [4.69, 9.17) is 11.6 Å². The highest BCUT2D eigenvalue weighted by atomic mass is 35.5. The van der Waals surface area contributed by atoms with Crippen molar-refractivity contribution in [1.82, 2.24) is 0 Å². The Hall–Kier alpha value is -1.19. The number of ketones is 1. The minimum absolute atomic E-state index is 0.0256. The Morgan fingerprint density at radius 3 is 2.42 bits per heavy atom. The van der Waals surface area contributed by atoms with Gasteiger partial charge in [0.05, 0.1) is 15.5 Å². The summed E-state index contributed by atoms with van der Waals surface area (Å²) in [6.45, 7) is 6.22. The average molecular weight is 297 g/mol. The topological polar surface area (TPSA) is 17.1 Å². The first kappa shape index (κ1) is 14.2. The molecule has 2 aromatic rings. The fraction of sp³-hybridized carbons (Fsp3) is 0.267. The third kappa shape index (κ3) is 2.88. The van der Waals surface area contributed by atoms with E-state index in [9.17, 15) is 9.18 Å². The van der Waals surface area contributed by atoms with Crippen LogP contribution in [0.25, 0.3) is 0 Å². The van der Waals surface area contributed by atoms with Gasteiger partial charge in [0.2, 0.25) is 5.78 Å². The van der Waals surface area contributed by atoms with Crippen molar-refractivity contribution in [3.63, 3.8) is 0 Å². The van der Waals surface area contributed by atoms with E-state index in [1.165, 1.54) is 29.5 Å². The first-order valence-electron chi connectivity index (χ1n) is 5.90. The van der Waals surface area contributed by atoms with Crippen LogP contribution in [0.5, 0.6) is 0 Å². The Bertz CT molecular complexity index is 605. The van der Waals surface area contributed by atoms with Crippen LogP contribution in [-0.2, 0) is 5.41 Å². The van der Waals surface area contributed by atoms with Crippen molar-refractivity contribution in [3.05, 3.63) is 56.5 Å². The molecule has 4 heteroatoms. The van der Waals surface area contributed by atoms with Gasteiger partial charge in [-0.05, 0) is 29.7 Å². The predicted octanol–water partition coefficient (Wildman–Crippen LogP) is 5.07. The van der Waals surface area contributed by atoms with Gasteiger partial charge in [0.25, 0.3) is 0 Å². The molecule has 100 valence electrons. The number of carbonyl (C=O) groups excluding carboxylic acids is 1. The first-order valence-corrected chi connectivity index (χ1v) is 7.09. The number of rotatable bonds is 2. The zero-order chi connectivity index (χ0) is 14.2. The second-order valence-corrected chi connectivity index (χ2v) is 6.83. The van der Waals surface area contributed by atoms with Crippen molar-refractivity contribution in [2.24, 2.45) is 0 Å². The molecule has 0 aliphatic carbocycles. The molecule has 0 saturated carbocycles. The van der Waals surface area contributed by atoms with E-state index in [0.717, 1.165) is 4.88 Å². The molecule has 1 heterocycles. The first-order chi connectivity index (χ1) is 8.80. The summed E-state index contributed by atoms with van der Waals surface area (Å²) >= 11 is 7.30. The molecule has 19 heavy (non-hydrogen) atoms. The maximum Gasteiger partial charge on any atom is 0.207 e. The summed E-state index contributed by atoms with van der Waals surface area (Å²) in [5, 5.41) is 0.149. The van der Waals surface area contributed by atoms with Gasteiger partial charge in [-0.15, -0.1) is 11.3 Å². The van der Waals surface area contributed by atoms with Crippen molar-refractivity contribution in [1.29, 1.82) is 0 Å². The van der Waals surface area contributed by atoms with Crippen LogP contribution in [0.4, 0.5) is 4.39 Å². The molecule has 0 atom stereocenters. The molecule has 1 aromatic heterocycles. The molecule has 0 N–H and O–H groups in total. The van der Waals surface area contributed by atoms with Crippen LogP contribution in [0.3, 0.4) is 0 Å². The summed E-state index contributed by atoms with van der Waals surface area (Å²) in [5.74, 6) is -0.938. The van der Waals surface area contributed by atoms with Gasteiger partial charge in [-0.3, -0.25) is 4.79 Å². The summed E-state index contributed by atoms with van der Waals surface area (Å²) < 4.78 is 13.7. The van der Waals surface area contributed by atoms with Gasteiger partial charge in [-0.25, -0.2) is 4.39 Å². The fourth-order valence-electron chi connectivity index (χ4n) is 1.70. The zero-order valence-electron chi connectivity index (χ0n) is 11.0. The van der Waals surface area contributed by atoms with E-state index in [-0.39, 0.29) is 21.8 Å². The Morgan fingerprint density at radius 1 is 1.21 bits per heavy atom. The zero-order valence-corrected chi connectivity index (χ0v) is 12.5. The molecule has 0 radical (unpaired) electrons. The van der Waals surface area contributed by atoms with Crippen LogP contribution in [0.2, 0.25) is 5.02 Å². The number of thiophene rings is 1. The Balaban J connectivity index is 2.43. The summed E-state index contributed by atoms with van der Waals surface area (Å²) in [5.41, 5.74) is -0.0751. The molecule has 0 fully saturated rings. The second-order valence-electron chi connectivity index (χ2n) is 5.34. The molecule has 0 unspecified atom stereocenters. The Kier molecular flexibility index (Phi) is 3.79. The maximum absolute atomic E-state index is 13.7. The van der Waals surface area contributed by atoms with E-state index in [2.05, 4.69) is 20.8 Å². The quantitative estimate of drug-likeness (QED) is 0.707.